The minimum Gasteiger partial charge on any atom is -0.383 e. The van der Waals surface area contributed by atoms with Crippen molar-refractivity contribution in [1.82, 2.24) is 4.98 Å². The zero-order valence-electron chi connectivity index (χ0n) is 12.4. The molecule has 0 atom stereocenters. The first-order chi connectivity index (χ1) is 10.4. The molecule has 2 rings (SSSR count). The Bertz CT molecular complexity index is 715. The molecule has 0 aliphatic heterocycles. The van der Waals surface area contributed by atoms with E-state index in [1.54, 1.807) is 19.1 Å². The molecule has 0 saturated heterocycles. The summed E-state index contributed by atoms with van der Waals surface area (Å²) >= 11 is 0. The summed E-state index contributed by atoms with van der Waals surface area (Å²) in [6.45, 7) is 1.99. The Balaban J connectivity index is 2.49. The quantitative estimate of drug-likeness (QED) is 0.818. The van der Waals surface area contributed by atoms with Gasteiger partial charge >= 0.3 is 0 Å². The summed E-state index contributed by atoms with van der Waals surface area (Å²) in [5.41, 5.74) is 0.994. The van der Waals surface area contributed by atoms with Crippen LogP contribution < -0.4 is 4.31 Å². The Hall–Kier alpha value is -1.99. The lowest BCUT2D eigenvalue weighted by Gasteiger charge is -2.24. The van der Waals surface area contributed by atoms with E-state index in [2.05, 4.69) is 4.98 Å². The molecule has 1 aromatic heterocycles. The van der Waals surface area contributed by atoms with Crippen LogP contribution in [0.1, 0.15) is 5.56 Å². The molecule has 0 saturated carbocycles. The molecule has 1 aromatic carbocycles. The predicted octanol–water partition coefficient (Wildman–Crippen LogP) is 2.37. The van der Waals surface area contributed by atoms with Gasteiger partial charge in [-0.1, -0.05) is 0 Å². The highest BCUT2D eigenvalue weighted by Crippen LogP contribution is 2.24. The van der Waals surface area contributed by atoms with Gasteiger partial charge < -0.3 is 4.74 Å². The Kier molecular flexibility index (Phi) is 5.10. The van der Waals surface area contributed by atoms with Crippen LogP contribution in [-0.2, 0) is 14.8 Å². The number of anilines is 1. The number of hydrogen-bond acceptors (Lipinski definition) is 4. The summed E-state index contributed by atoms with van der Waals surface area (Å²) in [5, 5.41) is 0. The van der Waals surface area contributed by atoms with Gasteiger partial charge in [-0.05, 0) is 42.8 Å². The first-order valence-electron chi connectivity index (χ1n) is 6.64. The van der Waals surface area contributed by atoms with Crippen LogP contribution in [0.2, 0.25) is 0 Å². The number of methoxy groups -OCH3 is 1. The van der Waals surface area contributed by atoms with Crippen LogP contribution in [0.15, 0.2) is 47.6 Å². The SMILES string of the molecule is COCCN(c1ccncc1)S(=O)(=O)c1cc(C)cc(F)c1. The molecule has 0 radical (unpaired) electrons. The number of ether oxygens (including phenoxy) is 1. The van der Waals surface area contributed by atoms with Crippen molar-refractivity contribution in [2.75, 3.05) is 24.6 Å². The number of hydrogen-bond donors (Lipinski definition) is 0. The van der Waals surface area contributed by atoms with Crippen molar-refractivity contribution in [3.63, 3.8) is 0 Å². The fourth-order valence-corrected chi connectivity index (χ4v) is 3.62. The van der Waals surface area contributed by atoms with E-state index in [-0.39, 0.29) is 18.0 Å². The molecule has 5 nitrogen and oxygen atoms in total. The maximum Gasteiger partial charge on any atom is 0.264 e. The predicted molar refractivity (Wildman–Crippen MR) is 81.8 cm³/mol. The van der Waals surface area contributed by atoms with Gasteiger partial charge in [0, 0.05) is 19.5 Å². The Morgan fingerprint density at radius 3 is 2.50 bits per heavy atom. The van der Waals surface area contributed by atoms with Crippen LogP contribution in [-0.4, -0.2) is 33.7 Å². The van der Waals surface area contributed by atoms with E-state index in [4.69, 9.17) is 4.74 Å². The van der Waals surface area contributed by atoms with E-state index in [1.807, 2.05) is 0 Å². The van der Waals surface area contributed by atoms with Gasteiger partial charge in [0.15, 0.2) is 0 Å². The molecule has 118 valence electrons. The number of benzene rings is 1. The molecule has 0 aliphatic rings. The molecular formula is C15H17FN2O3S. The van der Waals surface area contributed by atoms with Crippen molar-refractivity contribution in [2.24, 2.45) is 0 Å². The number of nitrogens with zero attached hydrogens (tertiary/aromatic N) is 2. The van der Waals surface area contributed by atoms with E-state index < -0.39 is 15.8 Å². The van der Waals surface area contributed by atoms with Gasteiger partial charge in [0.1, 0.15) is 5.82 Å². The smallest absolute Gasteiger partial charge is 0.264 e. The van der Waals surface area contributed by atoms with Crippen molar-refractivity contribution >= 4 is 15.7 Å². The number of sulfonamides is 1. The largest absolute Gasteiger partial charge is 0.383 e. The molecule has 1 heterocycles. The van der Waals surface area contributed by atoms with Gasteiger partial charge in [0.2, 0.25) is 0 Å². The minimum absolute atomic E-state index is 0.0853. The molecule has 0 bridgehead atoms. The average molecular weight is 324 g/mol. The van der Waals surface area contributed by atoms with Crippen LogP contribution in [0.5, 0.6) is 0 Å². The summed E-state index contributed by atoms with van der Waals surface area (Å²) in [4.78, 5) is 3.79. The third-order valence-electron chi connectivity index (χ3n) is 3.05. The van der Waals surface area contributed by atoms with E-state index in [9.17, 15) is 12.8 Å². The topological polar surface area (TPSA) is 59.5 Å². The first-order valence-corrected chi connectivity index (χ1v) is 8.08. The Labute approximate surface area is 129 Å². The van der Waals surface area contributed by atoms with Gasteiger partial charge in [0.05, 0.1) is 23.7 Å². The number of aromatic nitrogens is 1. The number of aryl methyl sites for hydroxylation is 1. The number of halogens is 1. The van der Waals surface area contributed by atoms with E-state index in [0.29, 0.717) is 11.3 Å². The molecule has 2 aromatic rings. The molecule has 0 aliphatic carbocycles. The van der Waals surface area contributed by atoms with Crippen LogP contribution >= 0.6 is 0 Å². The highest BCUT2D eigenvalue weighted by Gasteiger charge is 2.25. The summed E-state index contributed by atoms with van der Waals surface area (Å²) in [7, 11) is -2.40. The van der Waals surface area contributed by atoms with Gasteiger partial charge in [-0.3, -0.25) is 9.29 Å². The highest BCUT2D eigenvalue weighted by atomic mass is 32.2. The molecule has 0 fully saturated rings. The van der Waals surface area contributed by atoms with Crippen LogP contribution in [0.3, 0.4) is 0 Å². The second-order valence-corrected chi connectivity index (χ2v) is 6.60. The van der Waals surface area contributed by atoms with Crippen LogP contribution in [0.25, 0.3) is 0 Å². The zero-order valence-corrected chi connectivity index (χ0v) is 13.2. The minimum atomic E-state index is -3.89. The van der Waals surface area contributed by atoms with Crippen LogP contribution in [0, 0.1) is 12.7 Å². The normalized spacial score (nSPS) is 11.4. The lowest BCUT2D eigenvalue weighted by atomic mass is 10.2. The maximum atomic E-state index is 13.6. The first kappa shape index (κ1) is 16.4. The molecule has 0 amide bonds. The lowest BCUT2D eigenvalue weighted by molar-refractivity contribution is 0.208. The molecule has 7 heteroatoms. The second kappa shape index (κ2) is 6.85. The summed E-state index contributed by atoms with van der Waals surface area (Å²) < 4.78 is 45.4. The van der Waals surface area contributed by atoms with Crippen molar-refractivity contribution in [2.45, 2.75) is 11.8 Å². The van der Waals surface area contributed by atoms with Crippen LogP contribution in [0.4, 0.5) is 10.1 Å². The molecule has 0 N–H and O–H groups in total. The third-order valence-corrected chi connectivity index (χ3v) is 4.86. The highest BCUT2D eigenvalue weighted by molar-refractivity contribution is 7.92. The van der Waals surface area contributed by atoms with Gasteiger partial charge in [0.25, 0.3) is 10.0 Å². The zero-order chi connectivity index (χ0) is 16.2. The fourth-order valence-electron chi connectivity index (χ4n) is 2.05. The van der Waals surface area contributed by atoms with Crippen molar-refractivity contribution < 1.29 is 17.5 Å². The third kappa shape index (κ3) is 3.61. The van der Waals surface area contributed by atoms with E-state index >= 15 is 0 Å². The summed E-state index contributed by atoms with van der Waals surface area (Å²) in [6.07, 6.45) is 3.00. The fraction of sp³-hybridized carbons (Fsp3) is 0.267. The second-order valence-electron chi connectivity index (χ2n) is 4.74. The molecular weight excluding hydrogens is 307 g/mol. The van der Waals surface area contributed by atoms with Gasteiger partial charge in [-0.2, -0.15) is 0 Å². The summed E-state index contributed by atoms with van der Waals surface area (Å²) in [5.74, 6) is -0.583. The molecule has 0 spiro atoms. The Morgan fingerprint density at radius 1 is 1.23 bits per heavy atom. The number of rotatable bonds is 6. The lowest BCUT2D eigenvalue weighted by Crippen LogP contribution is -2.34. The number of pyridine rings is 1. The monoisotopic (exact) mass is 324 g/mol. The van der Waals surface area contributed by atoms with E-state index in [1.165, 1.54) is 35.9 Å². The van der Waals surface area contributed by atoms with Gasteiger partial charge in [-0.25, -0.2) is 12.8 Å². The average Bonchev–Trinajstić information content (AvgIpc) is 2.47. The summed E-state index contributed by atoms with van der Waals surface area (Å²) in [6, 6.07) is 6.91. The van der Waals surface area contributed by atoms with Crippen molar-refractivity contribution in [3.8, 4) is 0 Å². The molecule has 22 heavy (non-hydrogen) atoms. The molecule has 0 unspecified atom stereocenters. The van der Waals surface area contributed by atoms with Gasteiger partial charge in [-0.15, -0.1) is 0 Å². The Morgan fingerprint density at radius 2 is 1.91 bits per heavy atom. The van der Waals surface area contributed by atoms with Crippen molar-refractivity contribution in [3.05, 3.63) is 54.1 Å². The maximum absolute atomic E-state index is 13.6. The standard InChI is InChI=1S/C15H17FN2O3S/c1-12-9-13(16)11-15(10-12)22(19,20)18(7-8-21-2)14-3-5-17-6-4-14/h3-6,9-11H,7-8H2,1-2H3. The van der Waals surface area contributed by atoms with Crippen molar-refractivity contribution in [1.29, 1.82) is 0 Å². The van der Waals surface area contributed by atoms with E-state index in [0.717, 1.165) is 6.07 Å².